The number of aromatic nitrogens is 1. The van der Waals surface area contributed by atoms with Gasteiger partial charge in [-0.3, -0.25) is 9.59 Å². The number of rotatable bonds is 8. The Bertz CT molecular complexity index is 912. The van der Waals surface area contributed by atoms with Crippen LogP contribution < -0.4 is 10.5 Å². The van der Waals surface area contributed by atoms with Crippen LogP contribution in [0.5, 0.6) is 5.75 Å². The number of esters is 1. The molecule has 8 heteroatoms. The molecule has 0 spiro atoms. The number of ether oxygens (including phenoxy) is 2. The quantitative estimate of drug-likeness (QED) is 0.418. The van der Waals surface area contributed by atoms with Crippen LogP contribution in [0.4, 0.5) is 0 Å². The molecule has 0 radical (unpaired) electrons. The third-order valence-electron chi connectivity index (χ3n) is 3.99. The lowest BCUT2D eigenvalue weighted by Crippen LogP contribution is -2.18. The fourth-order valence-corrected chi connectivity index (χ4v) is 2.37. The van der Waals surface area contributed by atoms with Crippen molar-refractivity contribution >= 4 is 11.8 Å². The maximum Gasteiger partial charge on any atom is 0.310 e. The topological polar surface area (TPSA) is 128 Å². The van der Waals surface area contributed by atoms with Gasteiger partial charge in [0.2, 0.25) is 5.78 Å². The van der Waals surface area contributed by atoms with Gasteiger partial charge in [-0.2, -0.15) is 5.26 Å². The van der Waals surface area contributed by atoms with E-state index in [1.807, 2.05) is 13.8 Å². The molecule has 0 saturated carbocycles. The third kappa shape index (κ3) is 5.45. The summed E-state index contributed by atoms with van der Waals surface area (Å²) in [6.45, 7) is 4.92. The Hall–Kier alpha value is -3.60. The molecule has 2 aromatic rings. The lowest BCUT2D eigenvalue weighted by molar-refractivity contribution is -0.146. The van der Waals surface area contributed by atoms with Crippen LogP contribution in [-0.4, -0.2) is 23.5 Å². The summed E-state index contributed by atoms with van der Waals surface area (Å²) in [5.74, 6) is 0.142. The van der Waals surface area contributed by atoms with Crippen LogP contribution in [-0.2, 0) is 27.4 Å². The van der Waals surface area contributed by atoms with Gasteiger partial charge in [-0.25, -0.2) is 0 Å². The monoisotopic (exact) mass is 383 g/mol. The minimum atomic E-state index is -0.626. The zero-order valence-corrected chi connectivity index (χ0v) is 15.9. The predicted octanol–water partition coefficient (Wildman–Crippen LogP) is 2.28. The summed E-state index contributed by atoms with van der Waals surface area (Å²) < 4.78 is 15.7. The number of benzene rings is 1. The van der Waals surface area contributed by atoms with E-state index in [1.54, 1.807) is 30.3 Å². The second-order valence-corrected chi connectivity index (χ2v) is 6.17. The number of carbonyl (C=O) groups is 2. The number of hydrogen-bond acceptors (Lipinski definition) is 8. The zero-order valence-electron chi connectivity index (χ0n) is 15.9. The molecule has 2 N–H and O–H groups in total. The molecule has 0 unspecified atom stereocenters. The summed E-state index contributed by atoms with van der Waals surface area (Å²) in [6.07, 6.45) is -0.00929. The molecular weight excluding hydrogens is 362 g/mol. The average Bonchev–Trinajstić information content (AvgIpc) is 2.97. The average molecular weight is 383 g/mol. The fraction of sp³-hybridized carbons (Fsp3) is 0.300. The molecule has 28 heavy (non-hydrogen) atoms. The van der Waals surface area contributed by atoms with Gasteiger partial charge in [0, 0.05) is 5.70 Å². The first-order valence-electron chi connectivity index (χ1n) is 8.50. The van der Waals surface area contributed by atoms with Gasteiger partial charge in [-0.15, -0.1) is 0 Å². The first-order chi connectivity index (χ1) is 13.3. The number of allylic oxidation sites excluding steroid dienone is 1. The molecule has 1 aromatic carbocycles. The molecule has 2 rings (SSSR count). The number of nitriles is 1. The van der Waals surface area contributed by atoms with Crippen molar-refractivity contribution in [3.05, 3.63) is 58.1 Å². The Labute approximate surface area is 162 Å². The summed E-state index contributed by atoms with van der Waals surface area (Å²) in [5, 5.41) is 12.7. The molecule has 1 heterocycles. The van der Waals surface area contributed by atoms with Crippen molar-refractivity contribution in [2.75, 3.05) is 6.61 Å². The molecule has 0 aliphatic rings. The summed E-state index contributed by atoms with van der Waals surface area (Å²) in [7, 11) is 0. The van der Waals surface area contributed by atoms with Crippen LogP contribution in [0.15, 0.2) is 40.1 Å². The molecule has 8 nitrogen and oxygen atoms in total. The number of carbonyl (C=O) groups excluding carboxylic acids is 2. The van der Waals surface area contributed by atoms with Crippen molar-refractivity contribution in [2.24, 2.45) is 5.73 Å². The van der Waals surface area contributed by atoms with E-state index < -0.39 is 18.4 Å². The highest BCUT2D eigenvalue weighted by atomic mass is 16.5. The Morgan fingerprint density at radius 2 is 1.93 bits per heavy atom. The van der Waals surface area contributed by atoms with E-state index in [0.717, 1.165) is 11.3 Å². The number of aryl methyl sites for hydroxylation is 2. The molecule has 146 valence electrons. The second kappa shape index (κ2) is 9.37. The van der Waals surface area contributed by atoms with Crippen LogP contribution in [0.25, 0.3) is 0 Å². The maximum absolute atomic E-state index is 11.9. The molecule has 0 aliphatic heterocycles. The minimum absolute atomic E-state index is 0.00929. The normalized spacial score (nSPS) is 11.4. The van der Waals surface area contributed by atoms with E-state index in [-0.39, 0.29) is 17.7 Å². The molecule has 0 aliphatic carbocycles. The van der Waals surface area contributed by atoms with Gasteiger partial charge >= 0.3 is 5.97 Å². The van der Waals surface area contributed by atoms with Crippen LogP contribution in [0, 0.1) is 25.2 Å². The van der Waals surface area contributed by atoms with Crippen molar-refractivity contribution < 1.29 is 23.6 Å². The van der Waals surface area contributed by atoms with Gasteiger partial charge in [0.25, 0.3) is 0 Å². The fourth-order valence-electron chi connectivity index (χ4n) is 2.37. The Kier molecular flexibility index (Phi) is 6.93. The lowest BCUT2D eigenvalue weighted by atomic mass is 10.1. The van der Waals surface area contributed by atoms with Crippen molar-refractivity contribution in [3.63, 3.8) is 0 Å². The van der Waals surface area contributed by atoms with Crippen molar-refractivity contribution in [3.8, 4) is 11.8 Å². The Balaban J connectivity index is 1.85. The van der Waals surface area contributed by atoms with Crippen LogP contribution in [0.2, 0.25) is 0 Å². The molecule has 1 aromatic heterocycles. The largest absolute Gasteiger partial charge is 0.489 e. The van der Waals surface area contributed by atoms with Crippen LogP contribution in [0.1, 0.15) is 29.5 Å². The number of hydrogen-bond donors (Lipinski definition) is 1. The SMILES string of the molecule is CC(N)=C(C#N)C(=O)COC(=O)Cc1ccc(OCc2c(C)noc2C)cc1. The van der Waals surface area contributed by atoms with Gasteiger partial charge < -0.3 is 19.7 Å². The van der Waals surface area contributed by atoms with E-state index in [0.29, 0.717) is 23.7 Å². The molecule has 0 saturated heterocycles. The Morgan fingerprint density at radius 1 is 1.25 bits per heavy atom. The van der Waals surface area contributed by atoms with Gasteiger partial charge in [-0.05, 0) is 38.5 Å². The van der Waals surface area contributed by atoms with E-state index in [9.17, 15) is 9.59 Å². The van der Waals surface area contributed by atoms with Gasteiger partial charge in [-0.1, -0.05) is 17.3 Å². The smallest absolute Gasteiger partial charge is 0.310 e. The maximum atomic E-state index is 11.9. The van der Waals surface area contributed by atoms with E-state index in [1.165, 1.54) is 6.92 Å². The number of nitrogens with zero attached hydrogens (tertiary/aromatic N) is 2. The van der Waals surface area contributed by atoms with Crippen LogP contribution in [0.3, 0.4) is 0 Å². The molecule has 0 fully saturated rings. The highest BCUT2D eigenvalue weighted by Crippen LogP contribution is 2.18. The third-order valence-corrected chi connectivity index (χ3v) is 3.99. The first kappa shape index (κ1) is 20.7. The Morgan fingerprint density at radius 3 is 2.46 bits per heavy atom. The summed E-state index contributed by atoms with van der Waals surface area (Å²) in [5.41, 5.74) is 7.72. The van der Waals surface area contributed by atoms with Gasteiger partial charge in [0.05, 0.1) is 17.7 Å². The highest BCUT2D eigenvalue weighted by Gasteiger charge is 2.15. The predicted molar refractivity (Wildman–Crippen MR) is 98.9 cm³/mol. The molecule has 0 atom stereocenters. The molecule has 0 amide bonds. The minimum Gasteiger partial charge on any atom is -0.489 e. The number of nitrogens with two attached hydrogens (primary N) is 1. The first-order valence-corrected chi connectivity index (χ1v) is 8.50. The van der Waals surface area contributed by atoms with E-state index >= 15 is 0 Å². The highest BCUT2D eigenvalue weighted by molar-refractivity contribution is 6.01. The zero-order chi connectivity index (χ0) is 20.7. The summed E-state index contributed by atoms with van der Waals surface area (Å²) in [6, 6.07) is 8.64. The number of Topliss-reactive ketones (excluding diaryl/α,β-unsaturated/α-hetero) is 1. The summed E-state index contributed by atoms with van der Waals surface area (Å²) >= 11 is 0. The van der Waals surface area contributed by atoms with Gasteiger partial charge in [0.1, 0.15) is 29.8 Å². The van der Waals surface area contributed by atoms with Crippen LogP contribution >= 0.6 is 0 Å². The number of ketones is 1. The second-order valence-electron chi connectivity index (χ2n) is 6.17. The lowest BCUT2D eigenvalue weighted by Gasteiger charge is -2.07. The molecular formula is C20H21N3O5. The van der Waals surface area contributed by atoms with Gasteiger partial charge in [0.15, 0.2) is 6.61 Å². The van der Waals surface area contributed by atoms with Crippen molar-refractivity contribution in [2.45, 2.75) is 33.8 Å². The summed E-state index contributed by atoms with van der Waals surface area (Å²) in [4.78, 5) is 23.7. The van der Waals surface area contributed by atoms with Crippen molar-refractivity contribution in [1.82, 2.24) is 5.16 Å². The van der Waals surface area contributed by atoms with Crippen molar-refractivity contribution in [1.29, 1.82) is 5.26 Å². The van der Waals surface area contributed by atoms with E-state index in [2.05, 4.69) is 5.16 Å². The molecule has 0 bridgehead atoms. The standard InChI is InChI=1S/C20H21N3O5/c1-12(22)17(9-21)19(24)11-27-20(25)8-15-4-6-16(7-5-15)26-10-18-13(2)23-28-14(18)3/h4-7H,8,10-11,22H2,1-3H3. The van der Waals surface area contributed by atoms with E-state index in [4.69, 9.17) is 25.0 Å².